The van der Waals surface area contributed by atoms with Crippen LogP contribution < -0.4 is 14.8 Å². The number of nitrogens with one attached hydrogen (secondary N) is 2. The van der Waals surface area contributed by atoms with Crippen molar-refractivity contribution in [3.05, 3.63) is 80.2 Å². The normalized spacial score (nSPS) is 11.2. The minimum Gasteiger partial charge on any atom is -0.481 e. The van der Waals surface area contributed by atoms with E-state index >= 15 is 0 Å². The Labute approximate surface area is 205 Å². The number of halogens is 3. The first kappa shape index (κ1) is 24.4. The van der Waals surface area contributed by atoms with E-state index in [4.69, 9.17) is 27.9 Å². The van der Waals surface area contributed by atoms with Gasteiger partial charge in [-0.15, -0.1) is 0 Å². The largest absolute Gasteiger partial charge is 0.481 e. The van der Waals surface area contributed by atoms with Crippen molar-refractivity contribution >= 4 is 66.4 Å². The van der Waals surface area contributed by atoms with Gasteiger partial charge in [0.2, 0.25) is 0 Å². The van der Waals surface area contributed by atoms with Gasteiger partial charge in [0.1, 0.15) is 0 Å². The molecule has 3 aromatic rings. The molecule has 3 rings (SSSR count). The third-order valence-corrected chi connectivity index (χ3v) is 7.00. The molecule has 0 fully saturated rings. The fourth-order valence-corrected chi connectivity index (χ4v) is 5.16. The summed E-state index contributed by atoms with van der Waals surface area (Å²) in [5, 5.41) is 3.34. The second-order valence-electron chi connectivity index (χ2n) is 6.96. The standard InChI is InChI=1S/C22H19BrCl2N2O4S/c1-13-3-4-17(9-14(13)2)27-32(29,30)18-7-5-16(6-8-18)26-21(28)12-31-22-19(23)10-15(24)11-20(22)25/h3-11,27H,12H2,1-2H3,(H,26,28). The molecule has 0 saturated carbocycles. The molecule has 0 heterocycles. The number of ether oxygens (including phenoxy) is 1. The molecule has 0 aliphatic heterocycles. The Bertz CT molecular complexity index is 1240. The van der Waals surface area contributed by atoms with Crippen LogP contribution in [0.15, 0.2) is 64.0 Å². The maximum Gasteiger partial charge on any atom is 0.262 e. The van der Waals surface area contributed by atoms with Crippen LogP contribution in [0.4, 0.5) is 11.4 Å². The van der Waals surface area contributed by atoms with Crippen molar-refractivity contribution in [3.63, 3.8) is 0 Å². The van der Waals surface area contributed by atoms with E-state index in [-0.39, 0.29) is 16.5 Å². The van der Waals surface area contributed by atoms with Gasteiger partial charge < -0.3 is 10.1 Å². The Hall–Kier alpha value is -2.26. The molecule has 3 aromatic carbocycles. The van der Waals surface area contributed by atoms with Crippen molar-refractivity contribution in [1.29, 1.82) is 0 Å². The lowest BCUT2D eigenvalue weighted by molar-refractivity contribution is -0.118. The second-order valence-corrected chi connectivity index (χ2v) is 10.3. The molecule has 2 N–H and O–H groups in total. The van der Waals surface area contributed by atoms with Crippen LogP contribution in [0.3, 0.4) is 0 Å². The Kier molecular flexibility index (Phi) is 7.71. The van der Waals surface area contributed by atoms with E-state index in [1.807, 2.05) is 19.9 Å². The SMILES string of the molecule is Cc1ccc(NS(=O)(=O)c2ccc(NC(=O)COc3c(Cl)cc(Cl)cc3Br)cc2)cc1C. The quantitative estimate of drug-likeness (QED) is 0.362. The van der Waals surface area contributed by atoms with Crippen molar-refractivity contribution in [2.24, 2.45) is 0 Å². The molecule has 0 aliphatic carbocycles. The van der Waals surface area contributed by atoms with Gasteiger partial charge >= 0.3 is 0 Å². The zero-order chi connectivity index (χ0) is 23.5. The lowest BCUT2D eigenvalue weighted by Crippen LogP contribution is -2.20. The Morgan fingerprint density at radius 1 is 0.969 bits per heavy atom. The van der Waals surface area contributed by atoms with Crippen LogP contribution in [0.5, 0.6) is 5.75 Å². The fraction of sp³-hybridized carbons (Fsp3) is 0.136. The number of benzene rings is 3. The Morgan fingerprint density at radius 2 is 1.62 bits per heavy atom. The number of hydrogen-bond donors (Lipinski definition) is 2. The van der Waals surface area contributed by atoms with E-state index in [0.717, 1.165) is 11.1 Å². The second kappa shape index (κ2) is 10.1. The van der Waals surface area contributed by atoms with Crippen LogP contribution in [0.1, 0.15) is 11.1 Å². The van der Waals surface area contributed by atoms with Crippen molar-refractivity contribution in [3.8, 4) is 5.75 Å². The molecular formula is C22H19BrCl2N2O4S. The molecule has 0 atom stereocenters. The number of aryl methyl sites for hydroxylation is 2. The number of sulfonamides is 1. The lowest BCUT2D eigenvalue weighted by Gasteiger charge is -2.12. The summed E-state index contributed by atoms with van der Waals surface area (Å²) in [4.78, 5) is 12.3. The third-order valence-electron chi connectivity index (χ3n) is 4.52. The average Bonchev–Trinajstić information content (AvgIpc) is 2.70. The van der Waals surface area contributed by atoms with Crippen LogP contribution in [0.2, 0.25) is 10.0 Å². The number of carbonyl (C=O) groups excluding carboxylic acids is 1. The number of amides is 1. The molecule has 1 amide bonds. The first-order chi connectivity index (χ1) is 15.0. The van der Waals surface area contributed by atoms with Crippen molar-refractivity contribution in [2.45, 2.75) is 18.7 Å². The van der Waals surface area contributed by atoms with Crippen LogP contribution in [0, 0.1) is 13.8 Å². The Morgan fingerprint density at radius 3 is 2.25 bits per heavy atom. The molecule has 0 aliphatic rings. The summed E-state index contributed by atoms with van der Waals surface area (Å²) in [5.41, 5.74) is 2.96. The highest BCUT2D eigenvalue weighted by Crippen LogP contribution is 2.36. The van der Waals surface area contributed by atoms with Gasteiger partial charge in [-0.25, -0.2) is 8.42 Å². The van der Waals surface area contributed by atoms with Gasteiger partial charge in [-0.3, -0.25) is 9.52 Å². The molecular weight excluding hydrogens is 539 g/mol. The number of rotatable bonds is 7. The van der Waals surface area contributed by atoms with Crippen LogP contribution >= 0.6 is 39.1 Å². The summed E-state index contributed by atoms with van der Waals surface area (Å²) in [6, 6.07) is 14.3. The summed E-state index contributed by atoms with van der Waals surface area (Å²) in [6.45, 7) is 3.57. The zero-order valence-electron chi connectivity index (χ0n) is 17.1. The maximum atomic E-state index is 12.6. The van der Waals surface area contributed by atoms with Gasteiger partial charge in [-0.2, -0.15) is 0 Å². The van der Waals surface area contributed by atoms with Crippen LogP contribution in [-0.2, 0) is 14.8 Å². The highest BCUT2D eigenvalue weighted by Gasteiger charge is 2.15. The van der Waals surface area contributed by atoms with Gasteiger partial charge in [0.15, 0.2) is 12.4 Å². The number of hydrogen-bond acceptors (Lipinski definition) is 4. The summed E-state index contributed by atoms with van der Waals surface area (Å²) in [7, 11) is -3.77. The summed E-state index contributed by atoms with van der Waals surface area (Å²) >= 11 is 15.3. The van der Waals surface area contributed by atoms with Crippen molar-refractivity contribution < 1.29 is 17.9 Å². The number of anilines is 2. The summed E-state index contributed by atoms with van der Waals surface area (Å²) < 4.78 is 33.8. The van der Waals surface area contributed by atoms with E-state index in [1.165, 1.54) is 30.3 Å². The summed E-state index contributed by atoms with van der Waals surface area (Å²) in [5.74, 6) is -0.142. The minimum atomic E-state index is -3.77. The van der Waals surface area contributed by atoms with E-state index in [0.29, 0.717) is 26.6 Å². The Balaban J connectivity index is 1.62. The molecule has 0 bridgehead atoms. The molecule has 10 heteroatoms. The zero-order valence-corrected chi connectivity index (χ0v) is 21.0. The fourth-order valence-electron chi connectivity index (χ4n) is 2.74. The first-order valence-corrected chi connectivity index (χ1v) is 12.4. The molecule has 168 valence electrons. The number of carbonyl (C=O) groups is 1. The van der Waals surface area contributed by atoms with Crippen LogP contribution in [0.25, 0.3) is 0 Å². The highest BCUT2D eigenvalue weighted by atomic mass is 79.9. The molecule has 0 spiro atoms. The predicted molar refractivity (Wildman–Crippen MR) is 131 cm³/mol. The minimum absolute atomic E-state index is 0.0712. The molecule has 32 heavy (non-hydrogen) atoms. The van der Waals surface area contributed by atoms with Gasteiger partial charge in [0, 0.05) is 16.4 Å². The molecule has 0 saturated heterocycles. The van der Waals surface area contributed by atoms with Crippen molar-refractivity contribution in [1.82, 2.24) is 0 Å². The predicted octanol–water partition coefficient (Wildman–Crippen LogP) is 6.19. The van der Waals surface area contributed by atoms with E-state index in [2.05, 4.69) is 26.0 Å². The molecule has 0 radical (unpaired) electrons. The highest BCUT2D eigenvalue weighted by molar-refractivity contribution is 9.10. The van der Waals surface area contributed by atoms with E-state index < -0.39 is 15.9 Å². The van der Waals surface area contributed by atoms with Crippen LogP contribution in [-0.4, -0.2) is 20.9 Å². The van der Waals surface area contributed by atoms with Gasteiger partial charge in [-0.1, -0.05) is 29.3 Å². The third kappa shape index (κ3) is 6.16. The average molecular weight is 558 g/mol. The van der Waals surface area contributed by atoms with Gasteiger partial charge in [-0.05, 0) is 89.4 Å². The topological polar surface area (TPSA) is 84.5 Å². The van der Waals surface area contributed by atoms with E-state index in [9.17, 15) is 13.2 Å². The van der Waals surface area contributed by atoms with Gasteiger partial charge in [0.25, 0.3) is 15.9 Å². The maximum absolute atomic E-state index is 12.6. The first-order valence-electron chi connectivity index (χ1n) is 9.32. The molecule has 0 aromatic heterocycles. The van der Waals surface area contributed by atoms with Crippen molar-refractivity contribution in [2.75, 3.05) is 16.6 Å². The van der Waals surface area contributed by atoms with E-state index in [1.54, 1.807) is 18.2 Å². The van der Waals surface area contributed by atoms with Gasteiger partial charge in [0.05, 0.1) is 14.4 Å². The molecule has 0 unspecified atom stereocenters. The lowest BCUT2D eigenvalue weighted by atomic mass is 10.1. The smallest absolute Gasteiger partial charge is 0.262 e. The molecule has 6 nitrogen and oxygen atoms in total. The summed E-state index contributed by atoms with van der Waals surface area (Å²) in [6.07, 6.45) is 0. The monoisotopic (exact) mass is 556 g/mol.